The fourth-order valence-electron chi connectivity index (χ4n) is 3.49. The van der Waals surface area contributed by atoms with Crippen LogP contribution < -0.4 is 5.32 Å². The summed E-state index contributed by atoms with van der Waals surface area (Å²) in [4.78, 5) is 0. The summed E-state index contributed by atoms with van der Waals surface area (Å²) in [5.74, 6) is 1.39. The van der Waals surface area contributed by atoms with E-state index in [0.29, 0.717) is 11.3 Å². The molecular weight excluding hydrogens is 326 g/mol. The molecule has 0 radical (unpaired) electrons. The molecule has 1 atom stereocenters. The number of aliphatic hydroxyl groups is 1. The van der Waals surface area contributed by atoms with Crippen molar-refractivity contribution in [2.45, 2.75) is 52.5 Å². The van der Waals surface area contributed by atoms with Gasteiger partial charge in [-0.05, 0) is 61.1 Å². The molecule has 2 nitrogen and oxygen atoms in total. The van der Waals surface area contributed by atoms with E-state index < -0.39 is 0 Å². The minimum Gasteiger partial charge on any atom is -0.394 e. The minimum absolute atomic E-state index is 0.167. The van der Waals surface area contributed by atoms with Crippen LogP contribution in [0.1, 0.15) is 46.5 Å². The highest BCUT2D eigenvalue weighted by atomic mass is 79.9. The molecule has 0 saturated heterocycles. The lowest BCUT2D eigenvalue weighted by atomic mass is 9.68. The van der Waals surface area contributed by atoms with Crippen molar-refractivity contribution < 1.29 is 5.11 Å². The van der Waals surface area contributed by atoms with Crippen molar-refractivity contribution >= 4 is 21.6 Å². The Bertz CT molecular complexity index is 447. The molecule has 0 heterocycles. The monoisotopic (exact) mass is 353 g/mol. The van der Waals surface area contributed by atoms with Crippen molar-refractivity contribution in [3.8, 4) is 0 Å². The maximum atomic E-state index is 9.76. The Morgan fingerprint density at radius 1 is 1.24 bits per heavy atom. The summed E-state index contributed by atoms with van der Waals surface area (Å²) in [7, 11) is 0. The maximum absolute atomic E-state index is 9.76. The second kappa shape index (κ2) is 7.15. The van der Waals surface area contributed by atoms with Gasteiger partial charge in [-0.2, -0.15) is 0 Å². The van der Waals surface area contributed by atoms with Gasteiger partial charge in [-0.1, -0.05) is 42.8 Å². The molecule has 1 aromatic carbocycles. The summed E-state index contributed by atoms with van der Waals surface area (Å²) in [6.45, 7) is 7.25. The molecule has 21 heavy (non-hydrogen) atoms. The van der Waals surface area contributed by atoms with Crippen LogP contribution >= 0.6 is 15.9 Å². The highest BCUT2D eigenvalue weighted by molar-refractivity contribution is 9.10. The molecule has 0 bridgehead atoms. The van der Waals surface area contributed by atoms with Gasteiger partial charge in [0.15, 0.2) is 0 Å². The van der Waals surface area contributed by atoms with Crippen LogP contribution in [0.3, 0.4) is 0 Å². The van der Waals surface area contributed by atoms with Crippen molar-refractivity contribution in [2.75, 3.05) is 11.9 Å². The third kappa shape index (κ3) is 4.72. The van der Waals surface area contributed by atoms with Crippen LogP contribution in [-0.4, -0.2) is 17.8 Å². The van der Waals surface area contributed by atoms with Crippen LogP contribution in [0.15, 0.2) is 28.7 Å². The quantitative estimate of drug-likeness (QED) is 0.791. The van der Waals surface area contributed by atoms with Crippen molar-refractivity contribution in [2.24, 2.45) is 17.3 Å². The average molecular weight is 354 g/mol. The van der Waals surface area contributed by atoms with E-state index >= 15 is 0 Å². The Kier molecular flexibility index (Phi) is 5.73. The molecule has 2 rings (SSSR count). The molecule has 0 aromatic heterocycles. The fraction of sp³-hybridized carbons (Fsp3) is 0.667. The molecule has 2 N–H and O–H groups in total. The van der Waals surface area contributed by atoms with Crippen molar-refractivity contribution in [3.63, 3.8) is 0 Å². The Balaban J connectivity index is 1.94. The second-order valence-electron chi connectivity index (χ2n) is 7.42. The molecule has 0 amide bonds. The zero-order chi connectivity index (χ0) is 15.5. The van der Waals surface area contributed by atoms with E-state index in [9.17, 15) is 5.11 Å². The van der Waals surface area contributed by atoms with E-state index in [-0.39, 0.29) is 12.6 Å². The lowest BCUT2D eigenvalue weighted by molar-refractivity contribution is 0.127. The summed E-state index contributed by atoms with van der Waals surface area (Å²) >= 11 is 3.50. The fourth-order valence-corrected chi connectivity index (χ4v) is 3.89. The van der Waals surface area contributed by atoms with Gasteiger partial charge in [0.05, 0.1) is 12.6 Å². The van der Waals surface area contributed by atoms with Gasteiger partial charge < -0.3 is 10.4 Å². The predicted octanol–water partition coefficient (Wildman–Crippen LogP) is 5.07. The molecular formula is C18H28BrNO. The van der Waals surface area contributed by atoms with Gasteiger partial charge in [-0.25, -0.2) is 0 Å². The topological polar surface area (TPSA) is 32.3 Å². The molecule has 1 aromatic rings. The molecule has 1 aliphatic carbocycles. The number of anilines is 1. The summed E-state index contributed by atoms with van der Waals surface area (Å²) in [6, 6.07) is 8.35. The molecule has 118 valence electrons. The number of hydrogen-bond donors (Lipinski definition) is 2. The number of halogens is 1. The largest absolute Gasteiger partial charge is 0.394 e. The molecule has 0 aliphatic heterocycles. The normalized spacial score (nSPS) is 24.6. The number of nitrogens with one attached hydrogen (secondary N) is 1. The predicted molar refractivity (Wildman–Crippen MR) is 93.5 cm³/mol. The zero-order valence-electron chi connectivity index (χ0n) is 13.4. The number of rotatable bonds is 4. The maximum Gasteiger partial charge on any atom is 0.0635 e. The number of benzene rings is 1. The number of aliphatic hydroxyl groups excluding tert-OH is 1. The van der Waals surface area contributed by atoms with E-state index in [2.05, 4.69) is 54.2 Å². The van der Waals surface area contributed by atoms with E-state index in [0.717, 1.165) is 16.1 Å². The molecule has 1 unspecified atom stereocenters. The number of hydrogen-bond acceptors (Lipinski definition) is 2. The smallest absolute Gasteiger partial charge is 0.0635 e. The van der Waals surface area contributed by atoms with Crippen LogP contribution in [0, 0.1) is 17.3 Å². The summed E-state index contributed by atoms with van der Waals surface area (Å²) in [5.41, 5.74) is 1.50. The first-order valence-corrected chi connectivity index (χ1v) is 8.82. The lowest BCUT2D eigenvalue weighted by Gasteiger charge is -2.39. The van der Waals surface area contributed by atoms with Gasteiger partial charge in [-0.3, -0.25) is 0 Å². The van der Waals surface area contributed by atoms with Crippen LogP contribution in [-0.2, 0) is 0 Å². The molecule has 1 fully saturated rings. The summed E-state index contributed by atoms with van der Waals surface area (Å²) < 4.78 is 1.07. The molecule has 3 heteroatoms. The Morgan fingerprint density at radius 3 is 2.43 bits per heavy atom. The van der Waals surface area contributed by atoms with Crippen LogP contribution in [0.5, 0.6) is 0 Å². The lowest BCUT2D eigenvalue weighted by Crippen LogP contribution is -2.37. The molecule has 1 saturated carbocycles. The third-order valence-electron chi connectivity index (χ3n) is 4.94. The average Bonchev–Trinajstić information content (AvgIpc) is 2.44. The highest BCUT2D eigenvalue weighted by Crippen LogP contribution is 2.41. The van der Waals surface area contributed by atoms with Gasteiger partial charge in [-0.15, -0.1) is 0 Å². The van der Waals surface area contributed by atoms with Gasteiger partial charge in [0, 0.05) is 10.2 Å². The Morgan fingerprint density at radius 2 is 1.90 bits per heavy atom. The summed E-state index contributed by atoms with van der Waals surface area (Å²) in [6.07, 6.45) is 5.00. The van der Waals surface area contributed by atoms with Gasteiger partial charge in [0.25, 0.3) is 0 Å². The first-order valence-electron chi connectivity index (χ1n) is 8.03. The zero-order valence-corrected chi connectivity index (χ0v) is 15.0. The first kappa shape index (κ1) is 16.8. The van der Waals surface area contributed by atoms with E-state index in [1.165, 1.54) is 25.7 Å². The first-order chi connectivity index (χ1) is 9.90. The Hall–Kier alpha value is -0.540. The second-order valence-corrected chi connectivity index (χ2v) is 8.34. The third-order valence-corrected chi connectivity index (χ3v) is 5.43. The minimum atomic E-state index is 0.167. The van der Waals surface area contributed by atoms with Gasteiger partial charge in [0.1, 0.15) is 0 Å². The van der Waals surface area contributed by atoms with Crippen LogP contribution in [0.2, 0.25) is 0 Å². The molecule has 0 spiro atoms. The Labute approximate surface area is 137 Å². The summed E-state index contributed by atoms with van der Waals surface area (Å²) in [5, 5.41) is 13.3. The van der Waals surface area contributed by atoms with Crippen molar-refractivity contribution in [1.82, 2.24) is 0 Å². The SMILES string of the molecule is CC(C)(C)C1CCC(C(CO)Nc2cccc(Br)c2)CC1. The van der Waals surface area contributed by atoms with Crippen LogP contribution in [0.25, 0.3) is 0 Å². The van der Waals surface area contributed by atoms with E-state index in [1.54, 1.807) is 0 Å². The van der Waals surface area contributed by atoms with Gasteiger partial charge in [0.2, 0.25) is 0 Å². The standard InChI is InChI=1S/C18H28BrNO/c1-18(2,3)14-9-7-13(8-10-14)17(12-21)20-16-6-4-5-15(19)11-16/h4-6,11,13-14,17,20-21H,7-10,12H2,1-3H3. The van der Waals surface area contributed by atoms with E-state index in [4.69, 9.17) is 0 Å². The van der Waals surface area contributed by atoms with Crippen molar-refractivity contribution in [1.29, 1.82) is 0 Å². The van der Waals surface area contributed by atoms with Crippen molar-refractivity contribution in [3.05, 3.63) is 28.7 Å². The van der Waals surface area contributed by atoms with Gasteiger partial charge >= 0.3 is 0 Å². The van der Waals surface area contributed by atoms with E-state index in [1.807, 2.05) is 12.1 Å². The molecule has 1 aliphatic rings. The highest BCUT2D eigenvalue weighted by Gasteiger charge is 2.32. The van der Waals surface area contributed by atoms with Crippen LogP contribution in [0.4, 0.5) is 5.69 Å².